The van der Waals surface area contributed by atoms with Gasteiger partial charge in [0, 0.05) is 11.0 Å². The third kappa shape index (κ3) is 5.08. The van der Waals surface area contributed by atoms with Gasteiger partial charge in [0.05, 0.1) is 0 Å². The van der Waals surface area contributed by atoms with Crippen LogP contribution in [-0.4, -0.2) is 18.2 Å². The van der Waals surface area contributed by atoms with Gasteiger partial charge in [-0.15, -0.1) is 0 Å². The smallest absolute Gasteiger partial charge is 0.407 e. The lowest BCUT2D eigenvalue weighted by molar-refractivity contribution is 0.0528. The summed E-state index contributed by atoms with van der Waals surface area (Å²) in [6.07, 6.45) is 0.410. The summed E-state index contributed by atoms with van der Waals surface area (Å²) in [5.74, 6) is 0. The molecule has 18 heavy (non-hydrogen) atoms. The van der Waals surface area contributed by atoms with Crippen LogP contribution < -0.4 is 5.32 Å². The normalized spacial score (nSPS) is 11.2. The highest BCUT2D eigenvalue weighted by Crippen LogP contribution is 2.21. The van der Waals surface area contributed by atoms with Crippen LogP contribution in [0.4, 0.5) is 4.79 Å². The fraction of sp³-hybridized carbons (Fsp3) is 0.500. The molecule has 0 aliphatic heterocycles. The molecule has 0 fully saturated rings. The van der Waals surface area contributed by atoms with Gasteiger partial charge in [0.25, 0.3) is 0 Å². The summed E-state index contributed by atoms with van der Waals surface area (Å²) in [5, 5.41) is 2.75. The van der Waals surface area contributed by atoms with Crippen LogP contribution in [0.25, 0.3) is 0 Å². The van der Waals surface area contributed by atoms with E-state index < -0.39 is 5.60 Å². The summed E-state index contributed by atoms with van der Waals surface area (Å²) in [4.78, 5) is 11.5. The highest BCUT2D eigenvalue weighted by molar-refractivity contribution is 9.10. The lowest BCUT2D eigenvalue weighted by atomic mass is 10.1. The van der Waals surface area contributed by atoms with E-state index in [1.165, 1.54) is 11.1 Å². The fourth-order valence-corrected chi connectivity index (χ4v) is 1.98. The standard InChI is InChI=1S/C14H20BrNO2/c1-10-6-5-7-11(12(10)15)8-9-16-13(17)18-14(2,3)4/h5-7H,8-9H2,1-4H3,(H,16,17). The first-order chi connectivity index (χ1) is 8.29. The van der Waals surface area contributed by atoms with E-state index in [1.54, 1.807) is 0 Å². The van der Waals surface area contributed by atoms with E-state index in [0.29, 0.717) is 6.54 Å². The maximum absolute atomic E-state index is 11.5. The Kier molecular flexibility index (Phi) is 5.20. The van der Waals surface area contributed by atoms with Crippen LogP contribution in [0.2, 0.25) is 0 Å². The number of carbonyl (C=O) groups excluding carboxylic acids is 1. The van der Waals surface area contributed by atoms with E-state index in [9.17, 15) is 4.79 Å². The minimum Gasteiger partial charge on any atom is -0.444 e. The Morgan fingerprint density at radius 1 is 1.39 bits per heavy atom. The number of halogens is 1. The van der Waals surface area contributed by atoms with Crippen LogP contribution in [-0.2, 0) is 11.2 Å². The summed E-state index contributed by atoms with van der Waals surface area (Å²) >= 11 is 3.55. The van der Waals surface area contributed by atoms with E-state index in [1.807, 2.05) is 32.9 Å². The maximum Gasteiger partial charge on any atom is 0.407 e. The van der Waals surface area contributed by atoms with E-state index >= 15 is 0 Å². The van der Waals surface area contributed by atoms with Crippen LogP contribution in [0.5, 0.6) is 0 Å². The second-order valence-electron chi connectivity index (χ2n) is 5.23. The van der Waals surface area contributed by atoms with Gasteiger partial charge in [-0.2, -0.15) is 0 Å². The van der Waals surface area contributed by atoms with Crippen LogP contribution in [0.3, 0.4) is 0 Å². The van der Waals surface area contributed by atoms with Gasteiger partial charge < -0.3 is 10.1 Å². The molecule has 0 unspecified atom stereocenters. The monoisotopic (exact) mass is 313 g/mol. The number of ether oxygens (including phenoxy) is 1. The highest BCUT2D eigenvalue weighted by Gasteiger charge is 2.15. The van der Waals surface area contributed by atoms with Crippen molar-refractivity contribution in [3.05, 3.63) is 33.8 Å². The fourth-order valence-electron chi connectivity index (χ4n) is 1.51. The Labute approximate surface area is 117 Å². The number of nitrogens with one attached hydrogen (secondary N) is 1. The number of hydrogen-bond donors (Lipinski definition) is 1. The molecule has 0 aliphatic rings. The van der Waals surface area contributed by atoms with Gasteiger partial charge >= 0.3 is 6.09 Å². The van der Waals surface area contributed by atoms with Crippen LogP contribution >= 0.6 is 15.9 Å². The predicted molar refractivity (Wildman–Crippen MR) is 76.8 cm³/mol. The van der Waals surface area contributed by atoms with Crippen LogP contribution in [0.1, 0.15) is 31.9 Å². The first kappa shape index (κ1) is 15.0. The predicted octanol–water partition coefficient (Wildman–Crippen LogP) is 3.82. The van der Waals surface area contributed by atoms with Gasteiger partial charge in [-0.25, -0.2) is 4.79 Å². The van der Waals surface area contributed by atoms with Gasteiger partial charge in [0.15, 0.2) is 0 Å². The topological polar surface area (TPSA) is 38.3 Å². The molecule has 0 aliphatic carbocycles. The van der Waals surface area contributed by atoms with Crippen LogP contribution in [0.15, 0.2) is 22.7 Å². The minimum atomic E-state index is -0.450. The largest absolute Gasteiger partial charge is 0.444 e. The zero-order valence-electron chi connectivity index (χ0n) is 11.3. The van der Waals surface area contributed by atoms with Crippen molar-refractivity contribution in [1.82, 2.24) is 5.32 Å². The summed E-state index contributed by atoms with van der Waals surface area (Å²) in [6, 6.07) is 6.12. The number of benzene rings is 1. The second-order valence-corrected chi connectivity index (χ2v) is 6.02. The molecule has 1 amide bonds. The lowest BCUT2D eigenvalue weighted by Gasteiger charge is -2.19. The molecule has 0 saturated heterocycles. The van der Waals surface area contributed by atoms with Crippen molar-refractivity contribution in [2.75, 3.05) is 6.54 Å². The quantitative estimate of drug-likeness (QED) is 0.921. The number of amides is 1. The van der Waals surface area contributed by atoms with Crippen molar-refractivity contribution in [2.24, 2.45) is 0 Å². The van der Waals surface area contributed by atoms with Crippen molar-refractivity contribution in [2.45, 2.75) is 39.7 Å². The molecule has 0 radical (unpaired) electrons. The number of carbonyl (C=O) groups is 1. The maximum atomic E-state index is 11.5. The average molecular weight is 314 g/mol. The number of aryl methyl sites for hydroxylation is 1. The van der Waals surface area contributed by atoms with E-state index in [0.717, 1.165) is 10.9 Å². The van der Waals surface area contributed by atoms with Gasteiger partial charge in [0.1, 0.15) is 5.60 Å². The van der Waals surface area contributed by atoms with Gasteiger partial charge in [-0.05, 0) is 45.2 Å². The molecular formula is C14H20BrNO2. The first-order valence-electron chi connectivity index (χ1n) is 6.00. The minimum absolute atomic E-state index is 0.369. The second kappa shape index (κ2) is 6.23. The van der Waals surface area contributed by atoms with E-state index in [4.69, 9.17) is 4.74 Å². The van der Waals surface area contributed by atoms with Crippen molar-refractivity contribution in [1.29, 1.82) is 0 Å². The highest BCUT2D eigenvalue weighted by atomic mass is 79.9. The summed E-state index contributed by atoms with van der Waals surface area (Å²) < 4.78 is 6.28. The molecule has 0 atom stereocenters. The Balaban J connectivity index is 2.43. The SMILES string of the molecule is Cc1cccc(CCNC(=O)OC(C)(C)C)c1Br. The number of rotatable bonds is 3. The van der Waals surface area contributed by atoms with Crippen molar-refractivity contribution in [3.63, 3.8) is 0 Å². The van der Waals surface area contributed by atoms with E-state index in [2.05, 4.69) is 34.2 Å². The van der Waals surface area contributed by atoms with Gasteiger partial charge in [0.2, 0.25) is 0 Å². The van der Waals surface area contributed by atoms with Crippen molar-refractivity contribution >= 4 is 22.0 Å². The molecular weight excluding hydrogens is 294 g/mol. The molecule has 1 aromatic carbocycles. The zero-order chi connectivity index (χ0) is 13.8. The lowest BCUT2D eigenvalue weighted by Crippen LogP contribution is -2.33. The average Bonchev–Trinajstić information content (AvgIpc) is 2.21. The summed E-state index contributed by atoms with van der Waals surface area (Å²) in [6.45, 7) is 8.17. The van der Waals surface area contributed by atoms with E-state index in [-0.39, 0.29) is 6.09 Å². The molecule has 0 heterocycles. The molecule has 3 nitrogen and oxygen atoms in total. The molecule has 100 valence electrons. The number of alkyl carbamates (subject to hydrolysis) is 1. The van der Waals surface area contributed by atoms with Crippen LogP contribution in [0, 0.1) is 6.92 Å². The third-order valence-electron chi connectivity index (χ3n) is 2.33. The molecule has 1 rings (SSSR count). The third-order valence-corrected chi connectivity index (χ3v) is 3.47. The first-order valence-corrected chi connectivity index (χ1v) is 6.80. The Bertz CT molecular complexity index is 424. The molecule has 0 saturated carbocycles. The summed E-state index contributed by atoms with van der Waals surface area (Å²) in [7, 11) is 0. The molecule has 0 spiro atoms. The molecule has 0 bridgehead atoms. The number of hydrogen-bond acceptors (Lipinski definition) is 2. The van der Waals surface area contributed by atoms with Crippen molar-refractivity contribution < 1.29 is 9.53 Å². The van der Waals surface area contributed by atoms with Gasteiger partial charge in [-0.1, -0.05) is 34.1 Å². The zero-order valence-corrected chi connectivity index (χ0v) is 12.9. The Morgan fingerprint density at radius 3 is 2.67 bits per heavy atom. The Morgan fingerprint density at radius 2 is 2.06 bits per heavy atom. The molecule has 1 aromatic rings. The molecule has 1 N–H and O–H groups in total. The van der Waals surface area contributed by atoms with Gasteiger partial charge in [-0.3, -0.25) is 0 Å². The Hall–Kier alpha value is -1.03. The molecule has 0 aromatic heterocycles. The van der Waals surface area contributed by atoms with Crippen molar-refractivity contribution in [3.8, 4) is 0 Å². The molecule has 4 heteroatoms. The summed E-state index contributed by atoms with van der Waals surface area (Å²) in [5.41, 5.74) is 1.93.